The van der Waals surface area contributed by atoms with Gasteiger partial charge >= 0.3 is 0 Å². The van der Waals surface area contributed by atoms with Gasteiger partial charge in [0.2, 0.25) is 5.75 Å². The summed E-state index contributed by atoms with van der Waals surface area (Å²) in [6.45, 7) is 6.61. The van der Waals surface area contributed by atoms with Gasteiger partial charge in [-0.1, -0.05) is 39.3 Å². The highest BCUT2D eigenvalue weighted by molar-refractivity contribution is 5.62. The molecule has 0 atom stereocenters. The molecule has 0 amide bonds. The molecule has 0 saturated carbocycles. The van der Waals surface area contributed by atoms with Gasteiger partial charge in [0.1, 0.15) is 0 Å². The van der Waals surface area contributed by atoms with Gasteiger partial charge in [0.25, 0.3) is 0 Å². The van der Waals surface area contributed by atoms with E-state index < -0.39 is 0 Å². The molecular formula is C17H25O3. The van der Waals surface area contributed by atoms with Crippen LogP contribution in [0.15, 0.2) is 18.2 Å². The van der Waals surface area contributed by atoms with E-state index in [2.05, 4.69) is 33.3 Å². The molecule has 0 aliphatic heterocycles. The predicted octanol–water partition coefficient (Wildman–Crippen LogP) is 4.37. The van der Waals surface area contributed by atoms with E-state index in [0.29, 0.717) is 17.2 Å². The highest BCUT2D eigenvalue weighted by atomic mass is 16.5. The van der Waals surface area contributed by atoms with Crippen LogP contribution >= 0.6 is 0 Å². The molecule has 0 aliphatic carbocycles. The van der Waals surface area contributed by atoms with E-state index in [1.54, 1.807) is 21.3 Å². The van der Waals surface area contributed by atoms with Crippen molar-refractivity contribution >= 4 is 6.08 Å². The van der Waals surface area contributed by atoms with Gasteiger partial charge in [-0.15, -0.1) is 0 Å². The molecular weight excluding hydrogens is 252 g/mol. The Hall–Kier alpha value is -1.64. The minimum absolute atomic E-state index is 0.205. The lowest BCUT2D eigenvalue weighted by Gasteiger charge is -2.19. The van der Waals surface area contributed by atoms with Gasteiger partial charge in [-0.05, 0) is 29.5 Å². The highest BCUT2D eigenvalue weighted by Gasteiger charge is 2.14. The Morgan fingerprint density at radius 1 is 1.00 bits per heavy atom. The van der Waals surface area contributed by atoms with Gasteiger partial charge in [0.05, 0.1) is 21.3 Å². The van der Waals surface area contributed by atoms with Gasteiger partial charge in [-0.3, -0.25) is 0 Å². The van der Waals surface area contributed by atoms with E-state index in [1.807, 2.05) is 18.2 Å². The maximum Gasteiger partial charge on any atom is 0.203 e. The summed E-state index contributed by atoms with van der Waals surface area (Å²) in [6.07, 6.45) is 7.43. The minimum Gasteiger partial charge on any atom is -0.493 e. The zero-order chi connectivity index (χ0) is 15.2. The fourth-order valence-electron chi connectivity index (χ4n) is 1.74. The van der Waals surface area contributed by atoms with E-state index in [4.69, 9.17) is 14.2 Å². The van der Waals surface area contributed by atoms with Crippen LogP contribution in [0.1, 0.15) is 32.8 Å². The Labute approximate surface area is 122 Å². The van der Waals surface area contributed by atoms with Gasteiger partial charge in [-0.2, -0.15) is 0 Å². The Morgan fingerprint density at radius 2 is 1.55 bits per heavy atom. The van der Waals surface area contributed by atoms with Crippen LogP contribution in [0.3, 0.4) is 0 Å². The van der Waals surface area contributed by atoms with Crippen LogP contribution in [0, 0.1) is 11.8 Å². The lowest BCUT2D eigenvalue weighted by atomic mass is 9.86. The topological polar surface area (TPSA) is 27.7 Å². The van der Waals surface area contributed by atoms with Crippen molar-refractivity contribution in [2.75, 3.05) is 21.3 Å². The first-order chi connectivity index (χ1) is 9.47. The molecule has 1 aromatic rings. The van der Waals surface area contributed by atoms with Crippen LogP contribution in [0.25, 0.3) is 6.08 Å². The first-order valence-corrected chi connectivity index (χ1v) is 6.80. The number of benzene rings is 1. The molecule has 0 saturated heterocycles. The lowest BCUT2D eigenvalue weighted by Crippen LogP contribution is -2.08. The minimum atomic E-state index is 0.205. The van der Waals surface area contributed by atoms with Crippen molar-refractivity contribution in [2.24, 2.45) is 5.41 Å². The van der Waals surface area contributed by atoms with E-state index >= 15 is 0 Å². The van der Waals surface area contributed by atoms with Gasteiger partial charge in [0.15, 0.2) is 11.5 Å². The average Bonchev–Trinajstić information content (AvgIpc) is 2.45. The molecule has 0 unspecified atom stereocenters. The number of allylic oxidation sites excluding steroid dienone is 1. The quantitative estimate of drug-likeness (QED) is 0.741. The van der Waals surface area contributed by atoms with Crippen LogP contribution < -0.4 is 14.2 Å². The van der Waals surface area contributed by atoms with E-state index in [0.717, 1.165) is 12.0 Å². The zero-order valence-electron chi connectivity index (χ0n) is 13.3. The smallest absolute Gasteiger partial charge is 0.203 e. The first-order valence-electron chi connectivity index (χ1n) is 6.80. The molecule has 0 bridgehead atoms. The number of ether oxygens (including phenoxy) is 3. The molecule has 1 rings (SSSR count). The third kappa shape index (κ3) is 4.19. The number of hydrogen-bond donors (Lipinski definition) is 0. The summed E-state index contributed by atoms with van der Waals surface area (Å²) in [5.41, 5.74) is 1.22. The van der Waals surface area contributed by atoms with Crippen molar-refractivity contribution in [1.29, 1.82) is 0 Å². The second kappa shape index (κ2) is 7.22. The van der Waals surface area contributed by atoms with E-state index in [-0.39, 0.29) is 5.41 Å². The molecule has 111 valence electrons. The first kappa shape index (κ1) is 16.4. The molecule has 1 aromatic carbocycles. The summed E-state index contributed by atoms with van der Waals surface area (Å²) in [4.78, 5) is 0. The van der Waals surface area contributed by atoms with Crippen molar-refractivity contribution in [3.8, 4) is 17.2 Å². The predicted molar refractivity (Wildman–Crippen MR) is 83.5 cm³/mol. The van der Waals surface area contributed by atoms with Crippen LogP contribution in [-0.2, 0) is 0 Å². The second-order valence-corrected chi connectivity index (χ2v) is 5.33. The van der Waals surface area contributed by atoms with Crippen LogP contribution in [0.2, 0.25) is 0 Å². The molecule has 3 heteroatoms. The molecule has 20 heavy (non-hydrogen) atoms. The summed E-state index contributed by atoms with van der Waals surface area (Å²) in [5.74, 6) is 1.95. The molecule has 0 spiro atoms. The van der Waals surface area contributed by atoms with Crippen molar-refractivity contribution in [3.63, 3.8) is 0 Å². The summed E-state index contributed by atoms with van der Waals surface area (Å²) in [7, 11) is 4.85. The van der Waals surface area contributed by atoms with Gasteiger partial charge in [-0.25, -0.2) is 0 Å². The summed E-state index contributed by atoms with van der Waals surface area (Å²) >= 11 is 0. The Morgan fingerprint density at radius 3 is 1.95 bits per heavy atom. The molecule has 0 fully saturated rings. The fraction of sp³-hybridized carbons (Fsp3) is 0.471. The number of methoxy groups -OCH3 is 3. The Bertz CT molecular complexity index is 436. The number of hydrogen-bond acceptors (Lipinski definition) is 3. The maximum atomic E-state index is 5.34. The molecule has 1 radical (unpaired) electrons. The highest BCUT2D eigenvalue weighted by Crippen LogP contribution is 2.38. The lowest BCUT2D eigenvalue weighted by molar-refractivity contribution is 0.324. The summed E-state index contributed by atoms with van der Waals surface area (Å²) in [6, 6.07) is 3.87. The summed E-state index contributed by atoms with van der Waals surface area (Å²) < 4.78 is 16.0. The van der Waals surface area contributed by atoms with Crippen molar-refractivity contribution < 1.29 is 14.2 Å². The Kier molecular flexibility index (Phi) is 5.93. The molecule has 3 nitrogen and oxygen atoms in total. The normalized spacial score (nSPS) is 11.7. The van der Waals surface area contributed by atoms with Gasteiger partial charge in [0, 0.05) is 0 Å². The molecule has 0 aromatic heterocycles. The van der Waals surface area contributed by atoms with Crippen molar-refractivity contribution in [3.05, 3.63) is 30.2 Å². The zero-order valence-corrected chi connectivity index (χ0v) is 13.3. The monoisotopic (exact) mass is 277 g/mol. The summed E-state index contributed by atoms with van der Waals surface area (Å²) in [5, 5.41) is 0. The number of rotatable bonds is 7. The maximum absolute atomic E-state index is 5.34. The fourth-order valence-corrected chi connectivity index (χ4v) is 1.74. The second-order valence-electron chi connectivity index (χ2n) is 5.33. The molecule has 0 aliphatic rings. The average molecular weight is 277 g/mol. The van der Waals surface area contributed by atoms with E-state index in [1.165, 1.54) is 0 Å². The van der Waals surface area contributed by atoms with Gasteiger partial charge < -0.3 is 14.2 Å². The van der Waals surface area contributed by atoms with Crippen LogP contribution in [0.4, 0.5) is 0 Å². The largest absolute Gasteiger partial charge is 0.493 e. The standard InChI is InChI=1S/C17H25O3/c1-7-17(2,3)10-8-9-13-11-14(18-4)16(20-6)15(12-13)19-5/h8-12H,7H2,1-6H3/b9-8+. The van der Waals surface area contributed by atoms with Crippen LogP contribution in [0.5, 0.6) is 17.2 Å². The molecule has 0 heterocycles. The van der Waals surface area contributed by atoms with E-state index in [9.17, 15) is 0 Å². The van der Waals surface area contributed by atoms with Crippen LogP contribution in [-0.4, -0.2) is 21.3 Å². The third-order valence-corrected chi connectivity index (χ3v) is 3.43. The SMILES string of the molecule is CCC(C)(C)[CH]/C=C/c1cc(OC)c(OC)c(OC)c1. The van der Waals surface area contributed by atoms with Crippen molar-refractivity contribution in [1.82, 2.24) is 0 Å². The third-order valence-electron chi connectivity index (χ3n) is 3.43. The Balaban J connectivity index is 2.99. The van der Waals surface area contributed by atoms with Crippen molar-refractivity contribution in [2.45, 2.75) is 27.2 Å². The molecule has 0 N–H and O–H groups in total.